The van der Waals surface area contributed by atoms with Crippen LogP contribution in [0.15, 0.2) is 40.2 Å². The minimum atomic E-state index is -0.307. The summed E-state index contributed by atoms with van der Waals surface area (Å²) < 4.78 is 8.13. The van der Waals surface area contributed by atoms with Gasteiger partial charge < -0.3 is 14.9 Å². The van der Waals surface area contributed by atoms with Crippen LogP contribution in [0.1, 0.15) is 12.5 Å². The third kappa shape index (κ3) is 3.96. The summed E-state index contributed by atoms with van der Waals surface area (Å²) in [5.74, 6) is 1.35. The van der Waals surface area contributed by atoms with Crippen LogP contribution in [0, 0.1) is 0 Å². The van der Waals surface area contributed by atoms with E-state index in [9.17, 15) is 4.79 Å². The Morgan fingerprint density at radius 1 is 1.29 bits per heavy atom. The number of aryl methyl sites for hydroxylation is 1. The maximum absolute atomic E-state index is 12.2. The fourth-order valence-electron chi connectivity index (χ4n) is 2.10. The zero-order valence-electron chi connectivity index (χ0n) is 13.3. The summed E-state index contributed by atoms with van der Waals surface area (Å²) in [4.78, 5) is 13.2. The second-order valence-corrected chi connectivity index (χ2v) is 5.95. The molecule has 0 aliphatic carbocycles. The molecule has 24 heavy (non-hydrogen) atoms. The number of nitrogens with zero attached hydrogens (tertiary/aromatic N) is 6. The molecule has 0 saturated heterocycles. The standard InChI is InChI=1S/C14H15N6O2S.Y/c1-3-23-12-6-4-5-11(20-14(21)19(2)17-18-20)10(12)9-22-13-7-8-15-16-13;/h4-8H,3,9H2,1-2H3;/q-1;. The molecule has 0 amide bonds. The van der Waals surface area contributed by atoms with E-state index in [0.29, 0.717) is 11.6 Å². The predicted molar refractivity (Wildman–Crippen MR) is 84.9 cm³/mol. The Morgan fingerprint density at radius 3 is 2.75 bits per heavy atom. The van der Waals surface area contributed by atoms with Gasteiger partial charge in [-0.15, -0.1) is 11.8 Å². The van der Waals surface area contributed by atoms with Gasteiger partial charge in [0, 0.05) is 50.2 Å². The normalized spacial score (nSPS) is 10.4. The number of hydrogen-bond donors (Lipinski definition) is 0. The van der Waals surface area contributed by atoms with Gasteiger partial charge in [0.2, 0.25) is 0 Å². The van der Waals surface area contributed by atoms with Crippen LogP contribution in [0.4, 0.5) is 0 Å². The molecule has 2 heterocycles. The van der Waals surface area contributed by atoms with Crippen molar-refractivity contribution in [2.45, 2.75) is 18.4 Å². The van der Waals surface area contributed by atoms with E-state index in [1.807, 2.05) is 18.2 Å². The van der Waals surface area contributed by atoms with Crippen molar-refractivity contribution >= 4 is 11.8 Å². The number of hydrogen-bond acceptors (Lipinski definition) is 6. The second kappa shape index (κ2) is 8.59. The van der Waals surface area contributed by atoms with Crippen molar-refractivity contribution in [3.05, 3.63) is 46.5 Å². The number of aromatic nitrogens is 6. The smallest absolute Gasteiger partial charge is 0.368 e. The van der Waals surface area contributed by atoms with Crippen LogP contribution in [0.25, 0.3) is 5.69 Å². The molecule has 0 fully saturated rings. The first-order valence-corrected chi connectivity index (χ1v) is 8.00. The zero-order valence-corrected chi connectivity index (χ0v) is 16.9. The first kappa shape index (κ1) is 18.9. The summed E-state index contributed by atoms with van der Waals surface area (Å²) in [6.07, 6.45) is 1.57. The van der Waals surface area contributed by atoms with Gasteiger partial charge in [0.1, 0.15) is 6.61 Å². The third-order valence-corrected chi connectivity index (χ3v) is 4.14. The summed E-state index contributed by atoms with van der Waals surface area (Å²) >= 11 is 1.67. The Labute approximate surface area is 167 Å². The van der Waals surface area contributed by atoms with Gasteiger partial charge in [-0.25, -0.2) is 4.79 Å². The van der Waals surface area contributed by atoms with E-state index in [-0.39, 0.29) is 45.0 Å². The average molecular weight is 420 g/mol. The number of thioether (sulfide) groups is 1. The minimum Gasteiger partial charge on any atom is -0.579 e. The van der Waals surface area contributed by atoms with Crippen molar-refractivity contribution in [2.24, 2.45) is 7.05 Å². The number of benzene rings is 1. The molecule has 0 atom stereocenters. The Morgan fingerprint density at radius 2 is 2.12 bits per heavy atom. The Hall–Kier alpha value is -1.45. The molecule has 8 nitrogen and oxygen atoms in total. The first-order valence-electron chi connectivity index (χ1n) is 7.02. The molecule has 2 aromatic heterocycles. The molecule has 0 spiro atoms. The number of rotatable bonds is 6. The fraction of sp³-hybridized carbons (Fsp3) is 0.286. The minimum absolute atomic E-state index is 0. The van der Waals surface area contributed by atoms with Crippen molar-refractivity contribution < 1.29 is 37.4 Å². The van der Waals surface area contributed by atoms with Crippen LogP contribution in [0.2, 0.25) is 0 Å². The molecule has 0 saturated carbocycles. The molecule has 1 radical (unpaired) electrons. The summed E-state index contributed by atoms with van der Waals surface area (Å²) in [7, 11) is 1.56. The van der Waals surface area contributed by atoms with Crippen molar-refractivity contribution in [3.63, 3.8) is 0 Å². The van der Waals surface area contributed by atoms with Gasteiger partial charge in [0.25, 0.3) is 0 Å². The van der Waals surface area contributed by atoms with E-state index in [1.54, 1.807) is 31.1 Å². The molecule has 123 valence electrons. The van der Waals surface area contributed by atoms with E-state index in [4.69, 9.17) is 4.74 Å². The van der Waals surface area contributed by atoms with E-state index >= 15 is 0 Å². The van der Waals surface area contributed by atoms with Crippen LogP contribution in [0.5, 0.6) is 5.88 Å². The summed E-state index contributed by atoms with van der Waals surface area (Å²) in [5.41, 5.74) is 1.21. The van der Waals surface area contributed by atoms with Crippen LogP contribution in [-0.2, 0) is 46.4 Å². The molecule has 3 rings (SSSR count). The van der Waals surface area contributed by atoms with E-state index < -0.39 is 0 Å². The van der Waals surface area contributed by atoms with Crippen molar-refractivity contribution in [1.29, 1.82) is 0 Å². The molecule has 10 heteroatoms. The van der Waals surface area contributed by atoms with Gasteiger partial charge in [0.05, 0.1) is 5.69 Å². The van der Waals surface area contributed by atoms with Gasteiger partial charge in [-0.3, -0.25) is 0 Å². The van der Waals surface area contributed by atoms with E-state index in [1.165, 1.54) is 9.36 Å². The molecular formula is C14H15N6O2SY-. The molecule has 0 aliphatic rings. The summed E-state index contributed by atoms with van der Waals surface area (Å²) in [5, 5.41) is 15.3. The van der Waals surface area contributed by atoms with Crippen LogP contribution >= 0.6 is 11.8 Å². The van der Waals surface area contributed by atoms with Gasteiger partial charge in [-0.1, -0.05) is 13.0 Å². The molecule has 0 N–H and O–H groups in total. The summed E-state index contributed by atoms with van der Waals surface area (Å²) in [6.45, 7) is 2.33. The predicted octanol–water partition coefficient (Wildman–Crippen LogP) is 1.01. The monoisotopic (exact) mass is 420 g/mol. The second-order valence-electron chi connectivity index (χ2n) is 4.64. The van der Waals surface area contributed by atoms with Gasteiger partial charge in [-0.2, -0.15) is 15.6 Å². The largest absolute Gasteiger partial charge is 0.579 e. The van der Waals surface area contributed by atoms with Crippen LogP contribution in [-0.4, -0.2) is 30.6 Å². The third-order valence-electron chi connectivity index (χ3n) is 3.16. The van der Waals surface area contributed by atoms with Gasteiger partial charge in [-0.05, 0) is 34.4 Å². The van der Waals surface area contributed by atoms with E-state index in [0.717, 1.165) is 16.2 Å². The molecule has 0 unspecified atom stereocenters. The quantitative estimate of drug-likeness (QED) is 0.550. The Bertz CT molecular complexity index is 845. The average Bonchev–Trinajstić information content (AvgIpc) is 3.18. The Kier molecular flexibility index (Phi) is 6.76. The SMILES string of the molecule is CCSc1cccc(-n2nnn(C)c2=O)c1COc1cc[n-]n1.[Y]. The molecule has 0 bridgehead atoms. The zero-order chi connectivity index (χ0) is 16.2. The molecular weight excluding hydrogens is 405 g/mol. The molecule has 0 aliphatic heterocycles. The maximum atomic E-state index is 12.2. The van der Waals surface area contributed by atoms with Crippen molar-refractivity contribution in [1.82, 2.24) is 30.0 Å². The van der Waals surface area contributed by atoms with Gasteiger partial charge in [0.15, 0.2) is 5.88 Å². The summed E-state index contributed by atoms with van der Waals surface area (Å²) in [6, 6.07) is 7.39. The topological polar surface area (TPSA) is 88.9 Å². The maximum Gasteiger partial charge on any atom is 0.368 e. The number of tetrazole rings is 1. The van der Waals surface area contributed by atoms with Crippen LogP contribution < -0.4 is 15.5 Å². The van der Waals surface area contributed by atoms with Gasteiger partial charge >= 0.3 is 5.69 Å². The van der Waals surface area contributed by atoms with Crippen LogP contribution in [0.3, 0.4) is 0 Å². The first-order chi connectivity index (χ1) is 11.2. The Balaban J connectivity index is 0.00000208. The van der Waals surface area contributed by atoms with Crippen molar-refractivity contribution in [2.75, 3.05) is 5.75 Å². The molecule has 1 aromatic carbocycles. The molecule has 3 aromatic rings. The number of ether oxygens (including phenoxy) is 1. The fourth-order valence-corrected chi connectivity index (χ4v) is 2.92. The van der Waals surface area contributed by atoms with E-state index in [2.05, 4.69) is 27.5 Å². The van der Waals surface area contributed by atoms with Crippen molar-refractivity contribution in [3.8, 4) is 11.6 Å².